The molecule has 0 saturated carbocycles. The molecule has 3 rings (SSSR count). The van der Waals surface area contributed by atoms with Gasteiger partial charge in [-0.1, -0.05) is 11.6 Å². The first-order valence-corrected chi connectivity index (χ1v) is 8.64. The van der Waals surface area contributed by atoms with Crippen molar-refractivity contribution < 1.29 is 22.6 Å². The van der Waals surface area contributed by atoms with Crippen LogP contribution in [0.2, 0.25) is 5.02 Å². The largest absolute Gasteiger partial charge is 0.497 e. The molecular weight excluding hydrogens is 356 g/mol. The van der Waals surface area contributed by atoms with E-state index in [0.29, 0.717) is 27.8 Å². The van der Waals surface area contributed by atoms with Gasteiger partial charge in [-0.2, -0.15) is 13.5 Å². The molecule has 0 aliphatic carbocycles. The molecule has 0 atom stereocenters. The van der Waals surface area contributed by atoms with Crippen LogP contribution in [0.3, 0.4) is 0 Å². The molecule has 2 aromatic carbocycles. The number of sulfonamides is 1. The fourth-order valence-corrected chi connectivity index (χ4v) is 3.00. The van der Waals surface area contributed by atoms with Crippen LogP contribution in [0.15, 0.2) is 46.4 Å². The second-order valence-corrected chi connectivity index (χ2v) is 6.82. The van der Waals surface area contributed by atoms with Crippen molar-refractivity contribution in [2.75, 3.05) is 13.9 Å². The summed E-state index contributed by atoms with van der Waals surface area (Å²) in [6.07, 6.45) is 1.30. The van der Waals surface area contributed by atoms with Crippen LogP contribution >= 0.6 is 11.6 Å². The van der Waals surface area contributed by atoms with Crippen LogP contribution < -0.4 is 19.0 Å². The van der Waals surface area contributed by atoms with Crippen molar-refractivity contribution in [2.24, 2.45) is 5.10 Å². The first-order valence-electron chi connectivity index (χ1n) is 6.78. The number of hydrogen-bond donors (Lipinski definition) is 1. The summed E-state index contributed by atoms with van der Waals surface area (Å²) in [7, 11) is -2.28. The average Bonchev–Trinajstić information content (AvgIpc) is 3.02. The van der Waals surface area contributed by atoms with Gasteiger partial charge in [0.1, 0.15) is 5.75 Å². The third-order valence-corrected chi connectivity index (χ3v) is 4.80. The standard InChI is InChI=1S/C15H13ClN2O5S/c1-21-11-2-4-12(5-3-11)24(19,20)18-17-8-10-6-14-15(7-13(10)16)23-9-22-14/h2-8,18H,9H2,1H3. The van der Waals surface area contributed by atoms with E-state index in [4.69, 9.17) is 25.8 Å². The van der Waals surface area contributed by atoms with Gasteiger partial charge < -0.3 is 14.2 Å². The van der Waals surface area contributed by atoms with E-state index in [1.54, 1.807) is 24.3 Å². The Bertz CT molecular complexity index is 881. The summed E-state index contributed by atoms with van der Waals surface area (Å²) in [5, 5.41) is 4.11. The normalized spacial score (nSPS) is 13.2. The van der Waals surface area contributed by atoms with Crippen molar-refractivity contribution in [1.82, 2.24) is 4.83 Å². The van der Waals surface area contributed by atoms with Gasteiger partial charge in [-0.25, -0.2) is 4.83 Å². The number of hydrogen-bond acceptors (Lipinski definition) is 6. The number of halogens is 1. The van der Waals surface area contributed by atoms with Crippen LogP contribution in [0, 0.1) is 0 Å². The van der Waals surface area contributed by atoms with Gasteiger partial charge in [-0.05, 0) is 30.3 Å². The number of fused-ring (bicyclic) bond motifs is 1. The van der Waals surface area contributed by atoms with Crippen molar-refractivity contribution in [3.8, 4) is 17.2 Å². The predicted octanol–water partition coefficient (Wildman–Crippen LogP) is 2.39. The Kier molecular flexibility index (Phi) is 4.50. The average molecular weight is 369 g/mol. The highest BCUT2D eigenvalue weighted by Crippen LogP contribution is 2.36. The van der Waals surface area contributed by atoms with Gasteiger partial charge in [0.25, 0.3) is 10.0 Å². The Balaban J connectivity index is 1.75. The monoisotopic (exact) mass is 368 g/mol. The maximum Gasteiger partial charge on any atom is 0.276 e. The zero-order valence-electron chi connectivity index (χ0n) is 12.5. The fraction of sp³-hybridized carbons (Fsp3) is 0.133. The van der Waals surface area contributed by atoms with Gasteiger partial charge in [-0.15, -0.1) is 0 Å². The summed E-state index contributed by atoms with van der Waals surface area (Å²) >= 11 is 6.09. The zero-order valence-corrected chi connectivity index (χ0v) is 14.1. The van der Waals surface area contributed by atoms with Crippen LogP contribution in [0.4, 0.5) is 0 Å². The number of nitrogens with zero attached hydrogens (tertiary/aromatic N) is 1. The van der Waals surface area contributed by atoms with Crippen LogP contribution in [-0.4, -0.2) is 28.5 Å². The summed E-state index contributed by atoms with van der Waals surface area (Å²) in [4.78, 5) is 2.19. The molecule has 1 N–H and O–H groups in total. The van der Waals surface area contributed by atoms with E-state index >= 15 is 0 Å². The molecule has 1 aliphatic heterocycles. The molecule has 24 heavy (non-hydrogen) atoms. The van der Waals surface area contributed by atoms with Gasteiger partial charge in [-0.3, -0.25) is 0 Å². The first kappa shape index (κ1) is 16.4. The van der Waals surface area contributed by atoms with Gasteiger partial charge in [0.2, 0.25) is 6.79 Å². The molecule has 0 aromatic heterocycles. The second-order valence-electron chi connectivity index (χ2n) is 4.76. The van der Waals surface area contributed by atoms with Crippen LogP contribution in [0.5, 0.6) is 17.2 Å². The van der Waals surface area contributed by atoms with E-state index in [9.17, 15) is 8.42 Å². The topological polar surface area (TPSA) is 86.2 Å². The number of ether oxygens (including phenoxy) is 3. The molecule has 126 valence electrons. The van der Waals surface area contributed by atoms with Gasteiger partial charge in [0.05, 0.1) is 23.2 Å². The maximum absolute atomic E-state index is 12.2. The van der Waals surface area contributed by atoms with Crippen LogP contribution in [-0.2, 0) is 10.0 Å². The minimum Gasteiger partial charge on any atom is -0.497 e. The lowest BCUT2D eigenvalue weighted by molar-refractivity contribution is 0.174. The van der Waals surface area contributed by atoms with E-state index < -0.39 is 10.0 Å². The maximum atomic E-state index is 12.2. The highest BCUT2D eigenvalue weighted by atomic mass is 35.5. The second kappa shape index (κ2) is 6.58. The van der Waals surface area contributed by atoms with E-state index in [1.165, 1.54) is 25.5 Å². The van der Waals surface area contributed by atoms with E-state index in [-0.39, 0.29) is 11.7 Å². The Labute approximate surface area is 143 Å². The summed E-state index contributed by atoms with van der Waals surface area (Å²) in [6, 6.07) is 9.15. The molecule has 0 saturated heterocycles. The highest BCUT2D eigenvalue weighted by Gasteiger charge is 2.16. The van der Waals surface area contributed by atoms with Crippen LogP contribution in [0.25, 0.3) is 0 Å². The smallest absolute Gasteiger partial charge is 0.276 e. The SMILES string of the molecule is COc1ccc(S(=O)(=O)NN=Cc2cc3c(cc2Cl)OCO3)cc1. The van der Waals surface area contributed by atoms with Crippen molar-refractivity contribution in [3.05, 3.63) is 47.0 Å². The summed E-state index contributed by atoms with van der Waals surface area (Å²) < 4.78 is 39.7. The van der Waals surface area contributed by atoms with Crippen molar-refractivity contribution in [2.45, 2.75) is 4.90 Å². The molecule has 0 radical (unpaired) electrons. The molecule has 7 nitrogen and oxygen atoms in total. The van der Waals surface area contributed by atoms with Gasteiger partial charge in [0.15, 0.2) is 11.5 Å². The summed E-state index contributed by atoms with van der Waals surface area (Å²) in [5.41, 5.74) is 0.498. The lowest BCUT2D eigenvalue weighted by atomic mass is 10.2. The molecule has 2 aromatic rings. The molecule has 1 aliphatic rings. The van der Waals surface area contributed by atoms with Crippen molar-refractivity contribution in [3.63, 3.8) is 0 Å². The van der Waals surface area contributed by atoms with Gasteiger partial charge >= 0.3 is 0 Å². The minimum atomic E-state index is -3.78. The molecule has 0 spiro atoms. The predicted molar refractivity (Wildman–Crippen MR) is 88.5 cm³/mol. The lowest BCUT2D eigenvalue weighted by Gasteiger charge is -2.05. The number of rotatable bonds is 5. The quantitative estimate of drug-likeness (QED) is 0.647. The Morgan fingerprint density at radius 3 is 2.54 bits per heavy atom. The third kappa shape index (κ3) is 3.39. The number of hydrazone groups is 1. The molecule has 0 amide bonds. The third-order valence-electron chi connectivity index (χ3n) is 3.24. The van der Waals surface area contributed by atoms with Gasteiger partial charge in [0, 0.05) is 11.6 Å². The number of methoxy groups -OCH3 is 1. The Morgan fingerprint density at radius 2 is 1.88 bits per heavy atom. The van der Waals surface area contributed by atoms with E-state index in [0.717, 1.165) is 0 Å². The number of nitrogens with one attached hydrogen (secondary N) is 1. The highest BCUT2D eigenvalue weighted by molar-refractivity contribution is 7.89. The minimum absolute atomic E-state index is 0.0669. The summed E-state index contributed by atoms with van der Waals surface area (Å²) in [6.45, 7) is 0.121. The number of benzene rings is 2. The first-order chi connectivity index (χ1) is 11.5. The molecule has 9 heteroatoms. The van der Waals surface area contributed by atoms with E-state index in [1.807, 2.05) is 0 Å². The van der Waals surface area contributed by atoms with Crippen molar-refractivity contribution >= 4 is 27.8 Å². The molecular formula is C15H13ClN2O5S. The molecule has 0 unspecified atom stereocenters. The molecule has 0 bridgehead atoms. The zero-order chi connectivity index (χ0) is 17.2. The van der Waals surface area contributed by atoms with E-state index in [2.05, 4.69) is 9.93 Å². The Hall–Kier alpha value is -2.45. The fourth-order valence-electron chi connectivity index (χ4n) is 2.00. The Morgan fingerprint density at radius 1 is 1.21 bits per heavy atom. The summed E-state index contributed by atoms with van der Waals surface area (Å²) in [5.74, 6) is 1.62. The van der Waals surface area contributed by atoms with Crippen molar-refractivity contribution in [1.29, 1.82) is 0 Å². The molecule has 0 fully saturated rings. The lowest BCUT2D eigenvalue weighted by Crippen LogP contribution is -2.18. The van der Waals surface area contributed by atoms with Crippen LogP contribution in [0.1, 0.15) is 5.56 Å². The molecule has 1 heterocycles.